The van der Waals surface area contributed by atoms with Gasteiger partial charge in [0.15, 0.2) is 11.9 Å². The van der Waals surface area contributed by atoms with E-state index in [1.807, 2.05) is 42.5 Å². The van der Waals surface area contributed by atoms with Crippen molar-refractivity contribution in [3.63, 3.8) is 0 Å². The number of carbonyl (C=O) groups excluding carboxylic acids is 3. The number of ether oxygens (including phenoxy) is 2. The lowest BCUT2D eigenvalue weighted by atomic mass is 10.0. The van der Waals surface area contributed by atoms with Crippen LogP contribution in [-0.4, -0.2) is 44.0 Å². The van der Waals surface area contributed by atoms with Crippen LogP contribution in [0.4, 0.5) is 0 Å². The first-order valence-electron chi connectivity index (χ1n) is 9.16. The molecule has 0 fully saturated rings. The standard InChI is InChI=1S/C22H25NO5/c1-16(22(26)23-14-15-27-2)28-21(25)13-12-20(24)19-10-8-18(9-11-19)17-6-4-3-5-7-17/h3-11,16H,12-15H2,1-2H3,(H,23,26)/t16-/m1/s1. The highest BCUT2D eigenvalue weighted by molar-refractivity contribution is 5.98. The zero-order chi connectivity index (χ0) is 20.4. The third-order valence-corrected chi connectivity index (χ3v) is 4.15. The summed E-state index contributed by atoms with van der Waals surface area (Å²) in [7, 11) is 1.53. The second-order valence-corrected chi connectivity index (χ2v) is 6.28. The van der Waals surface area contributed by atoms with Crippen LogP contribution < -0.4 is 5.32 Å². The van der Waals surface area contributed by atoms with Crippen LogP contribution in [0.5, 0.6) is 0 Å². The third-order valence-electron chi connectivity index (χ3n) is 4.15. The molecule has 0 radical (unpaired) electrons. The van der Waals surface area contributed by atoms with E-state index >= 15 is 0 Å². The van der Waals surface area contributed by atoms with Gasteiger partial charge in [0.05, 0.1) is 13.0 Å². The van der Waals surface area contributed by atoms with Crippen molar-refractivity contribution in [2.24, 2.45) is 0 Å². The molecule has 6 heteroatoms. The van der Waals surface area contributed by atoms with E-state index in [4.69, 9.17) is 9.47 Å². The van der Waals surface area contributed by atoms with Crippen LogP contribution in [0.2, 0.25) is 0 Å². The smallest absolute Gasteiger partial charge is 0.307 e. The summed E-state index contributed by atoms with van der Waals surface area (Å²) < 4.78 is 9.89. The van der Waals surface area contributed by atoms with Gasteiger partial charge in [-0.15, -0.1) is 0 Å². The maximum absolute atomic E-state index is 12.3. The number of esters is 1. The predicted octanol–water partition coefficient (Wildman–Crippen LogP) is 3.01. The Hall–Kier alpha value is -2.99. The van der Waals surface area contributed by atoms with E-state index in [1.165, 1.54) is 14.0 Å². The SMILES string of the molecule is COCCNC(=O)[C@@H](C)OC(=O)CCC(=O)c1ccc(-c2ccccc2)cc1. The molecule has 28 heavy (non-hydrogen) atoms. The second-order valence-electron chi connectivity index (χ2n) is 6.28. The van der Waals surface area contributed by atoms with E-state index in [0.29, 0.717) is 18.7 Å². The highest BCUT2D eigenvalue weighted by Crippen LogP contribution is 2.20. The molecule has 0 saturated heterocycles. The Balaban J connectivity index is 1.80. The lowest BCUT2D eigenvalue weighted by molar-refractivity contribution is -0.154. The minimum atomic E-state index is -0.912. The number of nitrogens with one attached hydrogen (secondary N) is 1. The Morgan fingerprint density at radius 1 is 0.929 bits per heavy atom. The van der Waals surface area contributed by atoms with Crippen LogP contribution in [0, 0.1) is 0 Å². The summed E-state index contributed by atoms with van der Waals surface area (Å²) >= 11 is 0. The van der Waals surface area contributed by atoms with Gasteiger partial charge in [-0.1, -0.05) is 54.6 Å². The lowest BCUT2D eigenvalue weighted by Gasteiger charge is -2.13. The fraction of sp³-hybridized carbons (Fsp3) is 0.318. The molecule has 0 aliphatic heterocycles. The van der Waals surface area contributed by atoms with E-state index in [1.54, 1.807) is 12.1 Å². The summed E-state index contributed by atoms with van der Waals surface area (Å²) in [6.45, 7) is 2.21. The van der Waals surface area contributed by atoms with Gasteiger partial charge in [-0.25, -0.2) is 0 Å². The fourth-order valence-corrected chi connectivity index (χ4v) is 2.57. The summed E-state index contributed by atoms with van der Waals surface area (Å²) in [5.41, 5.74) is 2.63. The van der Waals surface area contributed by atoms with Crippen molar-refractivity contribution in [1.29, 1.82) is 0 Å². The number of hydrogen-bond donors (Lipinski definition) is 1. The molecule has 6 nitrogen and oxygen atoms in total. The topological polar surface area (TPSA) is 81.7 Å². The minimum Gasteiger partial charge on any atom is -0.453 e. The van der Waals surface area contributed by atoms with Crippen LogP contribution in [0.15, 0.2) is 54.6 Å². The van der Waals surface area contributed by atoms with Gasteiger partial charge in [0.1, 0.15) is 0 Å². The molecule has 0 aliphatic carbocycles. The Bertz CT molecular complexity index is 786. The van der Waals surface area contributed by atoms with Crippen molar-refractivity contribution in [3.05, 3.63) is 60.2 Å². The van der Waals surface area contributed by atoms with Gasteiger partial charge in [0.25, 0.3) is 5.91 Å². The molecule has 1 N–H and O–H groups in total. The van der Waals surface area contributed by atoms with Crippen LogP contribution in [-0.2, 0) is 19.1 Å². The number of rotatable bonds is 10. The Morgan fingerprint density at radius 3 is 2.21 bits per heavy atom. The average molecular weight is 383 g/mol. The molecule has 0 spiro atoms. The van der Waals surface area contributed by atoms with Gasteiger partial charge in [0, 0.05) is 25.6 Å². The molecular weight excluding hydrogens is 358 g/mol. The number of amides is 1. The summed E-state index contributed by atoms with van der Waals surface area (Å²) in [6.07, 6.45) is -0.958. The predicted molar refractivity (Wildman–Crippen MR) is 106 cm³/mol. The number of methoxy groups -OCH3 is 1. The Labute approximate surface area is 164 Å². The van der Waals surface area contributed by atoms with Crippen LogP contribution >= 0.6 is 0 Å². The number of Topliss-reactive ketones (excluding diaryl/α,β-unsaturated/α-hetero) is 1. The maximum atomic E-state index is 12.3. The van der Waals surface area contributed by atoms with Gasteiger partial charge in [0.2, 0.25) is 0 Å². The summed E-state index contributed by atoms with van der Waals surface area (Å²) in [5, 5.41) is 2.59. The molecule has 1 atom stereocenters. The number of hydrogen-bond acceptors (Lipinski definition) is 5. The van der Waals surface area contributed by atoms with Crippen LogP contribution in [0.1, 0.15) is 30.1 Å². The average Bonchev–Trinajstić information content (AvgIpc) is 2.72. The molecule has 2 rings (SSSR count). The Kier molecular flexibility index (Phi) is 8.37. The zero-order valence-corrected chi connectivity index (χ0v) is 16.1. The number of ketones is 1. The van der Waals surface area contributed by atoms with Crippen molar-refractivity contribution < 1.29 is 23.9 Å². The fourth-order valence-electron chi connectivity index (χ4n) is 2.57. The van der Waals surface area contributed by atoms with E-state index < -0.39 is 18.0 Å². The minimum absolute atomic E-state index is 0.0293. The molecule has 0 aliphatic rings. The van der Waals surface area contributed by atoms with E-state index in [9.17, 15) is 14.4 Å². The van der Waals surface area contributed by atoms with Gasteiger partial charge < -0.3 is 14.8 Å². The first-order chi connectivity index (χ1) is 13.5. The molecule has 1 amide bonds. The molecule has 148 valence electrons. The number of carbonyl (C=O) groups is 3. The highest BCUT2D eigenvalue weighted by atomic mass is 16.5. The van der Waals surface area contributed by atoms with Gasteiger partial charge in [-0.3, -0.25) is 14.4 Å². The van der Waals surface area contributed by atoms with E-state index in [0.717, 1.165) is 11.1 Å². The zero-order valence-electron chi connectivity index (χ0n) is 16.1. The van der Waals surface area contributed by atoms with Crippen molar-refractivity contribution in [3.8, 4) is 11.1 Å². The quantitative estimate of drug-likeness (QED) is 0.387. The van der Waals surface area contributed by atoms with Crippen molar-refractivity contribution in [1.82, 2.24) is 5.32 Å². The monoisotopic (exact) mass is 383 g/mol. The maximum Gasteiger partial charge on any atom is 0.307 e. The molecule has 0 aromatic heterocycles. The lowest BCUT2D eigenvalue weighted by Crippen LogP contribution is -2.37. The summed E-state index contributed by atoms with van der Waals surface area (Å²) in [4.78, 5) is 35.9. The largest absolute Gasteiger partial charge is 0.453 e. The first kappa shape index (κ1) is 21.3. The van der Waals surface area contributed by atoms with Gasteiger partial charge in [-0.2, -0.15) is 0 Å². The molecule has 0 saturated carbocycles. The first-order valence-corrected chi connectivity index (χ1v) is 9.16. The highest BCUT2D eigenvalue weighted by Gasteiger charge is 2.18. The summed E-state index contributed by atoms with van der Waals surface area (Å²) in [5.74, 6) is -1.12. The molecule has 2 aromatic carbocycles. The van der Waals surface area contributed by atoms with Crippen LogP contribution in [0.25, 0.3) is 11.1 Å². The second kappa shape index (κ2) is 11.0. The van der Waals surface area contributed by atoms with Crippen molar-refractivity contribution in [2.75, 3.05) is 20.3 Å². The van der Waals surface area contributed by atoms with Crippen LogP contribution in [0.3, 0.4) is 0 Å². The van der Waals surface area contributed by atoms with Crippen molar-refractivity contribution >= 4 is 17.7 Å². The molecular formula is C22H25NO5. The molecule has 0 heterocycles. The van der Waals surface area contributed by atoms with Crippen molar-refractivity contribution in [2.45, 2.75) is 25.9 Å². The van der Waals surface area contributed by atoms with Gasteiger partial charge >= 0.3 is 5.97 Å². The van der Waals surface area contributed by atoms with E-state index in [-0.39, 0.29) is 18.6 Å². The number of benzene rings is 2. The normalized spacial score (nSPS) is 11.5. The van der Waals surface area contributed by atoms with E-state index in [2.05, 4.69) is 5.32 Å². The Morgan fingerprint density at radius 2 is 1.57 bits per heavy atom. The molecule has 0 unspecified atom stereocenters. The molecule has 2 aromatic rings. The third kappa shape index (κ3) is 6.63. The van der Waals surface area contributed by atoms with Gasteiger partial charge in [-0.05, 0) is 18.1 Å². The molecule has 0 bridgehead atoms. The summed E-state index contributed by atoms with van der Waals surface area (Å²) in [6, 6.07) is 17.1.